The third-order valence-corrected chi connectivity index (χ3v) is 3.59. The van der Waals surface area contributed by atoms with Crippen molar-refractivity contribution in [3.8, 4) is 17.6 Å². The van der Waals surface area contributed by atoms with E-state index in [1.165, 1.54) is 0 Å². The molecular weight excluding hydrogens is 320 g/mol. The molecule has 20 heavy (non-hydrogen) atoms. The van der Waals surface area contributed by atoms with Crippen LogP contribution < -0.4 is 14.8 Å². The number of hydrogen-bond donors (Lipinski definition) is 1. The van der Waals surface area contributed by atoms with Crippen molar-refractivity contribution in [3.05, 3.63) is 52.0 Å². The Morgan fingerprint density at radius 3 is 2.75 bits per heavy atom. The maximum atomic E-state index is 8.76. The van der Waals surface area contributed by atoms with Gasteiger partial charge >= 0.3 is 0 Å². The largest absolute Gasteiger partial charge is 0.454 e. The third-order valence-electron chi connectivity index (χ3n) is 3.00. The lowest BCUT2D eigenvalue weighted by Crippen LogP contribution is -1.99. The van der Waals surface area contributed by atoms with Crippen LogP contribution in [0.5, 0.6) is 11.5 Å². The summed E-state index contributed by atoms with van der Waals surface area (Å²) in [6.07, 6.45) is 0. The molecule has 2 aromatic rings. The monoisotopic (exact) mass is 330 g/mol. The van der Waals surface area contributed by atoms with Gasteiger partial charge in [0.1, 0.15) is 0 Å². The van der Waals surface area contributed by atoms with Crippen LogP contribution in [0.4, 0.5) is 5.69 Å². The Balaban J connectivity index is 1.72. The van der Waals surface area contributed by atoms with Crippen LogP contribution in [0.1, 0.15) is 11.1 Å². The molecule has 2 aromatic carbocycles. The fourth-order valence-electron chi connectivity index (χ4n) is 1.99. The topological polar surface area (TPSA) is 54.3 Å². The number of hydrogen-bond acceptors (Lipinski definition) is 4. The van der Waals surface area contributed by atoms with Crippen molar-refractivity contribution >= 4 is 21.6 Å². The molecule has 0 radical (unpaired) electrons. The zero-order valence-corrected chi connectivity index (χ0v) is 12.1. The number of benzene rings is 2. The van der Waals surface area contributed by atoms with E-state index in [1.54, 1.807) is 12.1 Å². The minimum atomic E-state index is 0.264. The second-order valence-corrected chi connectivity index (χ2v) is 5.21. The smallest absolute Gasteiger partial charge is 0.231 e. The molecule has 0 aliphatic carbocycles. The standard InChI is InChI=1S/C15H11BrN2O2/c16-13-5-11(6-14-15(13)20-9-19-14)8-18-12-3-1-10(7-17)2-4-12/h1-6,18H,8-9H2. The summed E-state index contributed by atoms with van der Waals surface area (Å²) in [5.41, 5.74) is 2.71. The number of nitriles is 1. The number of anilines is 1. The van der Waals surface area contributed by atoms with Crippen molar-refractivity contribution in [1.82, 2.24) is 0 Å². The molecule has 0 spiro atoms. The predicted octanol–water partition coefficient (Wildman–Crippen LogP) is 3.66. The van der Waals surface area contributed by atoms with E-state index >= 15 is 0 Å². The first-order chi connectivity index (χ1) is 9.76. The first kappa shape index (κ1) is 12.8. The van der Waals surface area contributed by atoms with E-state index in [0.717, 1.165) is 27.2 Å². The molecular formula is C15H11BrN2O2. The molecule has 0 atom stereocenters. The molecule has 1 aliphatic rings. The maximum absolute atomic E-state index is 8.76. The fraction of sp³-hybridized carbons (Fsp3) is 0.133. The fourth-order valence-corrected chi connectivity index (χ4v) is 2.59. The molecule has 0 saturated carbocycles. The Hall–Kier alpha value is -2.19. The Kier molecular flexibility index (Phi) is 3.48. The molecule has 0 aromatic heterocycles. The molecule has 0 amide bonds. The summed E-state index contributed by atoms with van der Waals surface area (Å²) in [6.45, 7) is 0.932. The number of fused-ring (bicyclic) bond motifs is 1. The Bertz CT molecular complexity index is 678. The van der Waals surface area contributed by atoms with Crippen molar-refractivity contribution in [2.75, 3.05) is 12.1 Å². The van der Waals surface area contributed by atoms with Gasteiger partial charge in [0.25, 0.3) is 0 Å². The Morgan fingerprint density at radius 2 is 2.00 bits per heavy atom. The van der Waals surface area contributed by atoms with Crippen LogP contribution in [0.25, 0.3) is 0 Å². The lowest BCUT2D eigenvalue weighted by atomic mass is 10.2. The van der Waals surface area contributed by atoms with Crippen molar-refractivity contribution < 1.29 is 9.47 Å². The molecule has 1 N–H and O–H groups in total. The van der Waals surface area contributed by atoms with E-state index in [1.807, 2.05) is 24.3 Å². The number of halogens is 1. The van der Waals surface area contributed by atoms with Crippen molar-refractivity contribution in [1.29, 1.82) is 5.26 Å². The lowest BCUT2D eigenvalue weighted by molar-refractivity contribution is 0.173. The summed E-state index contributed by atoms with van der Waals surface area (Å²) in [7, 11) is 0. The van der Waals surface area contributed by atoms with E-state index in [9.17, 15) is 0 Å². The molecule has 1 heterocycles. The molecule has 5 heteroatoms. The van der Waals surface area contributed by atoms with Crippen LogP contribution in [0.3, 0.4) is 0 Å². The molecule has 3 rings (SSSR count). The van der Waals surface area contributed by atoms with Crippen molar-refractivity contribution in [2.45, 2.75) is 6.54 Å². The third kappa shape index (κ3) is 2.56. The first-order valence-electron chi connectivity index (χ1n) is 6.08. The van der Waals surface area contributed by atoms with Gasteiger partial charge < -0.3 is 14.8 Å². The molecule has 4 nitrogen and oxygen atoms in total. The van der Waals surface area contributed by atoms with Gasteiger partial charge in [-0.3, -0.25) is 0 Å². The van der Waals surface area contributed by atoms with E-state index in [0.29, 0.717) is 12.1 Å². The summed E-state index contributed by atoms with van der Waals surface area (Å²) in [5, 5.41) is 12.1. The van der Waals surface area contributed by atoms with E-state index in [4.69, 9.17) is 14.7 Å². The summed E-state index contributed by atoms with van der Waals surface area (Å²) in [6, 6.07) is 13.4. The quantitative estimate of drug-likeness (QED) is 0.933. The molecule has 0 unspecified atom stereocenters. The lowest BCUT2D eigenvalue weighted by Gasteiger charge is -2.08. The Morgan fingerprint density at radius 1 is 1.20 bits per heavy atom. The van der Waals surface area contributed by atoms with Gasteiger partial charge in [-0.05, 0) is 57.9 Å². The highest BCUT2D eigenvalue weighted by Crippen LogP contribution is 2.40. The maximum Gasteiger partial charge on any atom is 0.231 e. The number of nitrogens with zero attached hydrogens (tertiary/aromatic N) is 1. The predicted molar refractivity (Wildman–Crippen MR) is 78.7 cm³/mol. The van der Waals surface area contributed by atoms with Crippen LogP contribution in [-0.4, -0.2) is 6.79 Å². The molecule has 0 saturated heterocycles. The van der Waals surface area contributed by atoms with Gasteiger partial charge in [0, 0.05) is 12.2 Å². The minimum Gasteiger partial charge on any atom is -0.454 e. The van der Waals surface area contributed by atoms with E-state index < -0.39 is 0 Å². The average molecular weight is 331 g/mol. The number of ether oxygens (including phenoxy) is 2. The van der Waals surface area contributed by atoms with Gasteiger partial charge in [0.2, 0.25) is 6.79 Å². The SMILES string of the molecule is N#Cc1ccc(NCc2cc(Br)c3c(c2)OCO3)cc1. The summed E-state index contributed by atoms with van der Waals surface area (Å²) < 4.78 is 11.6. The van der Waals surface area contributed by atoms with Gasteiger partial charge in [-0.25, -0.2) is 0 Å². The van der Waals surface area contributed by atoms with Crippen molar-refractivity contribution in [2.24, 2.45) is 0 Å². The second-order valence-electron chi connectivity index (χ2n) is 4.35. The minimum absolute atomic E-state index is 0.264. The average Bonchev–Trinajstić information content (AvgIpc) is 2.94. The van der Waals surface area contributed by atoms with Gasteiger partial charge in [0.15, 0.2) is 11.5 Å². The van der Waals surface area contributed by atoms with Gasteiger partial charge in [0.05, 0.1) is 16.1 Å². The van der Waals surface area contributed by atoms with Crippen LogP contribution in [0.15, 0.2) is 40.9 Å². The normalized spacial score (nSPS) is 12.0. The van der Waals surface area contributed by atoms with Crippen LogP contribution in [-0.2, 0) is 6.54 Å². The highest BCUT2D eigenvalue weighted by atomic mass is 79.9. The van der Waals surface area contributed by atoms with E-state index in [-0.39, 0.29) is 6.79 Å². The number of rotatable bonds is 3. The first-order valence-corrected chi connectivity index (χ1v) is 6.87. The molecule has 100 valence electrons. The highest BCUT2D eigenvalue weighted by Gasteiger charge is 2.17. The second kappa shape index (κ2) is 5.43. The summed E-state index contributed by atoms with van der Waals surface area (Å²) in [5.74, 6) is 1.52. The summed E-state index contributed by atoms with van der Waals surface area (Å²) >= 11 is 3.47. The summed E-state index contributed by atoms with van der Waals surface area (Å²) in [4.78, 5) is 0. The number of nitrogens with one attached hydrogen (secondary N) is 1. The van der Waals surface area contributed by atoms with Crippen LogP contribution >= 0.6 is 15.9 Å². The van der Waals surface area contributed by atoms with Crippen LogP contribution in [0.2, 0.25) is 0 Å². The molecule has 0 bridgehead atoms. The van der Waals surface area contributed by atoms with Gasteiger partial charge in [-0.1, -0.05) is 0 Å². The van der Waals surface area contributed by atoms with Crippen molar-refractivity contribution in [3.63, 3.8) is 0 Å². The zero-order chi connectivity index (χ0) is 13.9. The van der Waals surface area contributed by atoms with Gasteiger partial charge in [-0.2, -0.15) is 5.26 Å². The molecule has 1 aliphatic heterocycles. The van der Waals surface area contributed by atoms with Crippen LogP contribution in [0, 0.1) is 11.3 Å². The zero-order valence-electron chi connectivity index (χ0n) is 10.5. The Labute approximate surface area is 125 Å². The van der Waals surface area contributed by atoms with E-state index in [2.05, 4.69) is 27.3 Å². The highest BCUT2D eigenvalue weighted by molar-refractivity contribution is 9.10. The van der Waals surface area contributed by atoms with Gasteiger partial charge in [-0.15, -0.1) is 0 Å². The molecule has 0 fully saturated rings.